The number of ether oxygens (including phenoxy) is 1. The van der Waals surface area contributed by atoms with Gasteiger partial charge in [-0.2, -0.15) is 0 Å². The highest BCUT2D eigenvalue weighted by Gasteiger charge is 2.26. The van der Waals surface area contributed by atoms with Crippen LogP contribution in [0.2, 0.25) is 0 Å². The van der Waals surface area contributed by atoms with Gasteiger partial charge in [-0.25, -0.2) is 13.6 Å². The number of halogens is 2. The number of allylic oxidation sites excluding steroid dienone is 1. The second-order valence-electron chi connectivity index (χ2n) is 11.2. The van der Waals surface area contributed by atoms with Crippen LogP contribution >= 0.6 is 0 Å². The average molecular weight is 618 g/mol. The molecule has 12 heteroatoms. The number of likely N-dealkylation sites (N-methyl/N-ethyl adjacent to an activating group) is 1. The molecule has 45 heavy (non-hydrogen) atoms. The Hall–Kier alpha value is -5.26. The number of aromatic nitrogens is 2. The van der Waals surface area contributed by atoms with Crippen LogP contribution in [0.3, 0.4) is 0 Å². The summed E-state index contributed by atoms with van der Waals surface area (Å²) in [5.74, 6) is -1.79. The molecule has 5 rings (SSSR count). The first kappa shape index (κ1) is 31.2. The van der Waals surface area contributed by atoms with Crippen LogP contribution in [0.25, 0.3) is 22.0 Å². The number of hydrogen-bond acceptors (Lipinski definition) is 5. The number of anilines is 1. The quantitative estimate of drug-likeness (QED) is 0.244. The summed E-state index contributed by atoms with van der Waals surface area (Å²) in [4.78, 5) is 53.4. The molecule has 0 unspecified atom stereocenters. The van der Waals surface area contributed by atoms with Gasteiger partial charge in [0.2, 0.25) is 5.91 Å². The molecule has 1 aliphatic rings. The lowest BCUT2D eigenvalue weighted by Gasteiger charge is -2.22. The SMILES string of the molecule is CN(C)C(=O)/C=C/CC[C@H](OC(=O)N(C)C)C(=O)Nc1cccn(Cc2cc3cc(F)cc4c3n2Cc2ccc(F)cc2-4)c1=O. The molecule has 234 valence electrons. The number of nitrogens with one attached hydrogen (secondary N) is 1. The maximum atomic E-state index is 14.6. The Bertz CT molecular complexity index is 1890. The number of fused-ring (bicyclic) bond motifs is 2. The molecule has 0 saturated carbocycles. The maximum Gasteiger partial charge on any atom is 0.410 e. The molecular weight excluding hydrogens is 584 g/mol. The van der Waals surface area contributed by atoms with Gasteiger partial charge in [0.05, 0.1) is 12.1 Å². The molecule has 4 aromatic rings. The second kappa shape index (κ2) is 12.8. The van der Waals surface area contributed by atoms with E-state index in [2.05, 4.69) is 5.32 Å². The lowest BCUT2D eigenvalue weighted by atomic mass is 9.95. The molecule has 0 radical (unpaired) electrons. The number of pyridine rings is 1. The van der Waals surface area contributed by atoms with E-state index < -0.39 is 35.3 Å². The minimum atomic E-state index is -1.23. The monoisotopic (exact) mass is 617 g/mol. The van der Waals surface area contributed by atoms with Gasteiger partial charge in [0, 0.05) is 57.6 Å². The summed E-state index contributed by atoms with van der Waals surface area (Å²) < 4.78 is 37.5. The molecule has 10 nitrogen and oxygen atoms in total. The fraction of sp³-hybridized carbons (Fsp3) is 0.273. The van der Waals surface area contributed by atoms with Crippen molar-refractivity contribution in [3.63, 3.8) is 0 Å². The van der Waals surface area contributed by atoms with Crippen molar-refractivity contribution in [2.45, 2.75) is 32.0 Å². The Morgan fingerprint density at radius 2 is 1.76 bits per heavy atom. The third-order valence-electron chi connectivity index (χ3n) is 7.54. The topological polar surface area (TPSA) is 106 Å². The van der Waals surface area contributed by atoms with E-state index in [0.29, 0.717) is 28.8 Å². The van der Waals surface area contributed by atoms with Crippen LogP contribution < -0.4 is 10.9 Å². The zero-order valence-electron chi connectivity index (χ0n) is 25.3. The number of benzene rings is 2. The average Bonchev–Trinajstić information content (AvgIpc) is 3.33. The number of hydrogen-bond donors (Lipinski definition) is 1. The van der Waals surface area contributed by atoms with Crippen molar-refractivity contribution in [3.05, 3.63) is 100 Å². The van der Waals surface area contributed by atoms with E-state index in [4.69, 9.17) is 4.74 Å². The molecule has 1 N–H and O–H groups in total. The van der Waals surface area contributed by atoms with Crippen molar-refractivity contribution in [1.82, 2.24) is 18.9 Å². The minimum Gasteiger partial charge on any atom is -0.436 e. The standard InChI is InChI=1S/C33H33F2N5O5/c1-37(2)29(41)10-6-5-9-28(45-33(44)38(3)4)31(42)36-27-8-7-13-39(32(27)43)19-24-15-21-14-23(35)17-26-25-16-22(34)12-11-20(25)18-40(24)30(21)26/h6-8,10-17,28H,5,9,18-19H2,1-4H3,(H,36,42)/b10-6+/t28-/m0/s1. The van der Waals surface area contributed by atoms with Gasteiger partial charge in [-0.15, -0.1) is 0 Å². The first-order valence-electron chi connectivity index (χ1n) is 14.3. The van der Waals surface area contributed by atoms with Crippen LogP contribution in [0.1, 0.15) is 24.1 Å². The van der Waals surface area contributed by atoms with E-state index in [1.807, 2.05) is 4.57 Å². The molecule has 0 spiro atoms. The molecule has 0 bridgehead atoms. The Kier molecular flexibility index (Phi) is 8.84. The Balaban J connectivity index is 1.39. The molecule has 0 saturated heterocycles. The van der Waals surface area contributed by atoms with Gasteiger partial charge in [-0.05, 0) is 72.5 Å². The fourth-order valence-corrected chi connectivity index (χ4v) is 5.25. The van der Waals surface area contributed by atoms with Crippen molar-refractivity contribution in [3.8, 4) is 11.1 Å². The number of carbonyl (C=O) groups excluding carboxylic acids is 3. The predicted octanol–water partition coefficient (Wildman–Crippen LogP) is 4.59. The summed E-state index contributed by atoms with van der Waals surface area (Å²) in [6.45, 7) is 0.518. The van der Waals surface area contributed by atoms with Gasteiger partial charge in [0.25, 0.3) is 11.5 Å². The molecule has 1 aliphatic heterocycles. The summed E-state index contributed by atoms with van der Waals surface area (Å²) in [7, 11) is 6.19. The largest absolute Gasteiger partial charge is 0.436 e. The van der Waals surface area contributed by atoms with E-state index in [1.54, 1.807) is 44.6 Å². The number of carbonyl (C=O) groups is 3. The Morgan fingerprint density at radius 1 is 1.00 bits per heavy atom. The van der Waals surface area contributed by atoms with Crippen LogP contribution in [0.4, 0.5) is 19.3 Å². The predicted molar refractivity (Wildman–Crippen MR) is 166 cm³/mol. The summed E-state index contributed by atoms with van der Waals surface area (Å²) >= 11 is 0. The van der Waals surface area contributed by atoms with Crippen molar-refractivity contribution in [1.29, 1.82) is 0 Å². The van der Waals surface area contributed by atoms with Crippen molar-refractivity contribution >= 4 is 34.5 Å². The number of amides is 3. The van der Waals surface area contributed by atoms with Crippen LogP contribution in [0, 0.1) is 11.6 Å². The maximum absolute atomic E-state index is 14.6. The van der Waals surface area contributed by atoms with Gasteiger partial charge < -0.3 is 29.0 Å². The van der Waals surface area contributed by atoms with Crippen LogP contribution in [-0.2, 0) is 27.4 Å². The van der Waals surface area contributed by atoms with Crippen LogP contribution in [-0.4, -0.2) is 71.1 Å². The van der Waals surface area contributed by atoms with Gasteiger partial charge in [0.1, 0.15) is 17.3 Å². The summed E-state index contributed by atoms with van der Waals surface area (Å²) in [6.07, 6.45) is 2.91. The molecule has 0 fully saturated rings. The number of nitrogens with zero attached hydrogens (tertiary/aromatic N) is 4. The van der Waals surface area contributed by atoms with Gasteiger partial charge in [-0.3, -0.25) is 14.4 Å². The first-order chi connectivity index (χ1) is 21.4. The van der Waals surface area contributed by atoms with E-state index >= 15 is 0 Å². The Labute approximate surface area is 258 Å². The van der Waals surface area contributed by atoms with Gasteiger partial charge >= 0.3 is 6.09 Å². The van der Waals surface area contributed by atoms with E-state index in [-0.39, 0.29) is 31.0 Å². The van der Waals surface area contributed by atoms with E-state index in [1.165, 1.54) is 64.9 Å². The third kappa shape index (κ3) is 6.64. The minimum absolute atomic E-state index is 0.0194. The second-order valence-corrected chi connectivity index (χ2v) is 11.2. The molecule has 2 aromatic carbocycles. The fourth-order valence-electron chi connectivity index (χ4n) is 5.25. The zero-order valence-corrected chi connectivity index (χ0v) is 25.3. The van der Waals surface area contributed by atoms with Crippen LogP contribution in [0.5, 0.6) is 0 Å². The zero-order chi connectivity index (χ0) is 32.4. The van der Waals surface area contributed by atoms with Crippen molar-refractivity contribution in [2.75, 3.05) is 33.5 Å². The van der Waals surface area contributed by atoms with Crippen molar-refractivity contribution in [2.24, 2.45) is 0 Å². The highest BCUT2D eigenvalue weighted by atomic mass is 19.1. The van der Waals surface area contributed by atoms with E-state index in [9.17, 15) is 28.0 Å². The molecule has 0 aliphatic carbocycles. The summed E-state index contributed by atoms with van der Waals surface area (Å²) in [5.41, 5.74) is 2.97. The third-order valence-corrected chi connectivity index (χ3v) is 7.54. The lowest BCUT2D eigenvalue weighted by Crippen LogP contribution is -2.37. The number of rotatable bonds is 9. The van der Waals surface area contributed by atoms with Gasteiger partial charge in [0.15, 0.2) is 6.10 Å². The van der Waals surface area contributed by atoms with Crippen molar-refractivity contribution < 1.29 is 27.9 Å². The highest BCUT2D eigenvalue weighted by Crippen LogP contribution is 2.39. The summed E-state index contributed by atoms with van der Waals surface area (Å²) in [5, 5.41) is 3.22. The van der Waals surface area contributed by atoms with E-state index in [0.717, 1.165) is 11.1 Å². The molecule has 3 heterocycles. The first-order valence-corrected chi connectivity index (χ1v) is 14.3. The molecule has 1 atom stereocenters. The summed E-state index contributed by atoms with van der Waals surface area (Å²) in [6, 6.07) is 12.1. The van der Waals surface area contributed by atoms with Crippen LogP contribution in [0.15, 0.2) is 71.7 Å². The van der Waals surface area contributed by atoms with Gasteiger partial charge in [-0.1, -0.05) is 12.1 Å². The smallest absolute Gasteiger partial charge is 0.410 e. The molecular formula is C33H33F2N5O5. The normalized spacial score (nSPS) is 12.6. The lowest BCUT2D eigenvalue weighted by molar-refractivity contribution is -0.125. The highest BCUT2D eigenvalue weighted by molar-refractivity contribution is 5.98. The molecule has 2 aromatic heterocycles. The molecule has 3 amide bonds. The Morgan fingerprint density at radius 3 is 2.49 bits per heavy atom.